The summed E-state index contributed by atoms with van der Waals surface area (Å²) in [4.78, 5) is 23.7. The molecule has 3 N–H and O–H groups in total. The summed E-state index contributed by atoms with van der Waals surface area (Å²) in [6.45, 7) is 0. The van der Waals surface area contributed by atoms with E-state index in [0.29, 0.717) is 11.4 Å². The Bertz CT molecular complexity index is 1330. The molecule has 29 heavy (non-hydrogen) atoms. The molecule has 140 valence electrons. The molecular weight excluding hydrogens is 362 g/mol. The summed E-state index contributed by atoms with van der Waals surface area (Å²) in [5.74, 6) is 0.213. The van der Waals surface area contributed by atoms with Crippen LogP contribution in [-0.4, -0.2) is 25.4 Å². The summed E-state index contributed by atoms with van der Waals surface area (Å²) in [5.41, 5.74) is 11.7. The number of carbonyl (C=O) groups is 1. The number of nitrogens with zero attached hydrogens (tertiary/aromatic N) is 3. The number of rotatable bonds is 4. The summed E-state index contributed by atoms with van der Waals surface area (Å²) in [7, 11) is 0. The number of imidazole rings is 2. The van der Waals surface area contributed by atoms with Crippen LogP contribution in [0.1, 0.15) is 10.4 Å². The van der Waals surface area contributed by atoms with Crippen LogP contribution in [0, 0.1) is 0 Å². The van der Waals surface area contributed by atoms with Crippen LogP contribution in [0.5, 0.6) is 0 Å². The summed E-state index contributed by atoms with van der Waals surface area (Å²) >= 11 is 0. The third-order valence-electron chi connectivity index (χ3n) is 4.95. The first-order chi connectivity index (χ1) is 14.2. The van der Waals surface area contributed by atoms with E-state index in [-0.39, 0.29) is 0 Å². The second-order valence-electron chi connectivity index (χ2n) is 6.72. The van der Waals surface area contributed by atoms with Crippen LogP contribution in [0.4, 0.5) is 0 Å². The topological polar surface area (TPSA) is 89.6 Å². The number of fused-ring (bicyclic) bond motifs is 1. The van der Waals surface area contributed by atoms with Crippen molar-refractivity contribution in [3.63, 3.8) is 0 Å². The van der Waals surface area contributed by atoms with Gasteiger partial charge in [-0.3, -0.25) is 9.36 Å². The van der Waals surface area contributed by atoms with E-state index in [4.69, 9.17) is 5.73 Å². The van der Waals surface area contributed by atoms with Crippen molar-refractivity contribution in [2.24, 2.45) is 5.73 Å². The minimum atomic E-state index is -0.469. The highest BCUT2D eigenvalue weighted by atomic mass is 16.1. The van der Waals surface area contributed by atoms with E-state index in [1.807, 2.05) is 54.9 Å². The SMILES string of the molecule is NC(=O)c1ccc(-c2cccc(-n3cnc4ccccc43)c2)c(-c2ncc[nH]2)c1. The van der Waals surface area contributed by atoms with Crippen molar-refractivity contribution in [2.45, 2.75) is 0 Å². The first-order valence-electron chi connectivity index (χ1n) is 9.17. The van der Waals surface area contributed by atoms with Gasteiger partial charge < -0.3 is 10.7 Å². The fraction of sp³-hybridized carbons (Fsp3) is 0. The lowest BCUT2D eigenvalue weighted by molar-refractivity contribution is 0.100. The van der Waals surface area contributed by atoms with Crippen molar-refractivity contribution in [3.05, 3.63) is 91.0 Å². The third-order valence-corrected chi connectivity index (χ3v) is 4.95. The Morgan fingerprint density at radius 2 is 1.83 bits per heavy atom. The predicted molar refractivity (Wildman–Crippen MR) is 113 cm³/mol. The maximum atomic E-state index is 11.7. The minimum Gasteiger partial charge on any atom is -0.366 e. The van der Waals surface area contributed by atoms with Crippen molar-refractivity contribution < 1.29 is 4.79 Å². The average molecular weight is 379 g/mol. The van der Waals surface area contributed by atoms with Crippen molar-refractivity contribution in [3.8, 4) is 28.2 Å². The monoisotopic (exact) mass is 379 g/mol. The van der Waals surface area contributed by atoms with E-state index in [1.54, 1.807) is 24.5 Å². The van der Waals surface area contributed by atoms with Crippen LogP contribution in [-0.2, 0) is 0 Å². The number of amides is 1. The molecule has 5 rings (SSSR count). The van der Waals surface area contributed by atoms with Gasteiger partial charge in [-0.25, -0.2) is 9.97 Å². The van der Waals surface area contributed by atoms with E-state index in [1.165, 1.54) is 0 Å². The van der Waals surface area contributed by atoms with Gasteiger partial charge in [-0.1, -0.05) is 30.3 Å². The zero-order chi connectivity index (χ0) is 19.8. The summed E-state index contributed by atoms with van der Waals surface area (Å²) in [6.07, 6.45) is 5.27. The highest BCUT2D eigenvalue weighted by molar-refractivity contribution is 5.96. The first-order valence-corrected chi connectivity index (χ1v) is 9.17. The van der Waals surface area contributed by atoms with Gasteiger partial charge in [-0.05, 0) is 47.5 Å². The molecule has 0 spiro atoms. The van der Waals surface area contributed by atoms with Gasteiger partial charge in [0.2, 0.25) is 5.91 Å². The lowest BCUT2D eigenvalue weighted by Gasteiger charge is -2.12. The van der Waals surface area contributed by atoms with E-state index < -0.39 is 5.91 Å². The zero-order valence-electron chi connectivity index (χ0n) is 15.4. The Kier molecular flexibility index (Phi) is 3.95. The highest BCUT2D eigenvalue weighted by Crippen LogP contribution is 2.32. The molecule has 5 aromatic rings. The van der Waals surface area contributed by atoms with Crippen molar-refractivity contribution in [2.75, 3.05) is 0 Å². The molecular formula is C23H17N5O. The van der Waals surface area contributed by atoms with Gasteiger partial charge in [0, 0.05) is 29.2 Å². The molecule has 0 bridgehead atoms. The molecule has 1 amide bonds. The van der Waals surface area contributed by atoms with Crippen molar-refractivity contribution >= 4 is 16.9 Å². The number of H-pyrrole nitrogens is 1. The van der Waals surface area contributed by atoms with Gasteiger partial charge >= 0.3 is 0 Å². The quantitative estimate of drug-likeness (QED) is 0.491. The Hall–Kier alpha value is -4.19. The Labute approximate surface area is 166 Å². The second kappa shape index (κ2) is 6.76. The first kappa shape index (κ1) is 16.9. The predicted octanol–water partition coefficient (Wildman–Crippen LogP) is 4.18. The molecule has 2 heterocycles. The largest absolute Gasteiger partial charge is 0.366 e. The van der Waals surface area contributed by atoms with E-state index in [0.717, 1.165) is 33.4 Å². The van der Waals surface area contributed by atoms with E-state index in [9.17, 15) is 4.79 Å². The summed E-state index contributed by atoms with van der Waals surface area (Å²) in [6, 6.07) is 21.6. The normalized spacial score (nSPS) is 11.0. The van der Waals surface area contributed by atoms with E-state index >= 15 is 0 Å². The van der Waals surface area contributed by atoms with Crippen LogP contribution in [0.15, 0.2) is 85.5 Å². The number of hydrogen-bond acceptors (Lipinski definition) is 3. The molecule has 0 radical (unpaired) electrons. The third kappa shape index (κ3) is 2.96. The van der Waals surface area contributed by atoms with Crippen LogP contribution in [0.3, 0.4) is 0 Å². The summed E-state index contributed by atoms with van der Waals surface area (Å²) in [5, 5.41) is 0. The van der Waals surface area contributed by atoms with Gasteiger partial charge in [0.15, 0.2) is 0 Å². The number of aromatic nitrogens is 4. The number of nitrogens with one attached hydrogen (secondary N) is 1. The number of carbonyl (C=O) groups excluding carboxylic acids is 1. The smallest absolute Gasteiger partial charge is 0.248 e. The number of primary amides is 1. The number of nitrogens with two attached hydrogens (primary N) is 1. The Morgan fingerprint density at radius 3 is 2.66 bits per heavy atom. The lowest BCUT2D eigenvalue weighted by atomic mass is 9.96. The second-order valence-corrected chi connectivity index (χ2v) is 6.72. The molecule has 0 aliphatic heterocycles. The highest BCUT2D eigenvalue weighted by Gasteiger charge is 2.14. The van der Waals surface area contributed by atoms with Crippen LogP contribution in [0.2, 0.25) is 0 Å². The van der Waals surface area contributed by atoms with Gasteiger partial charge in [0.05, 0.1) is 11.0 Å². The fourth-order valence-electron chi connectivity index (χ4n) is 3.55. The molecule has 6 nitrogen and oxygen atoms in total. The molecule has 0 fully saturated rings. The van der Waals surface area contributed by atoms with Gasteiger partial charge in [-0.2, -0.15) is 0 Å². The van der Waals surface area contributed by atoms with Crippen molar-refractivity contribution in [1.29, 1.82) is 0 Å². The molecule has 0 saturated carbocycles. The van der Waals surface area contributed by atoms with Gasteiger partial charge in [-0.15, -0.1) is 0 Å². The number of aromatic amines is 1. The number of hydrogen-bond donors (Lipinski definition) is 2. The molecule has 0 aliphatic rings. The molecule has 0 atom stereocenters. The molecule has 3 aromatic carbocycles. The van der Waals surface area contributed by atoms with Crippen LogP contribution >= 0.6 is 0 Å². The molecule has 2 aromatic heterocycles. The van der Waals surface area contributed by atoms with E-state index in [2.05, 4.69) is 25.6 Å². The maximum Gasteiger partial charge on any atom is 0.248 e. The molecule has 0 saturated heterocycles. The standard InChI is InChI=1S/C23H17N5O/c24-22(29)16-8-9-18(19(13-16)23-25-10-11-26-23)15-4-3-5-17(12-15)28-14-27-20-6-1-2-7-21(20)28/h1-14H,(H2,24,29)(H,25,26). The Morgan fingerprint density at radius 1 is 0.931 bits per heavy atom. The molecule has 0 unspecified atom stereocenters. The van der Waals surface area contributed by atoms with Crippen molar-refractivity contribution in [1.82, 2.24) is 19.5 Å². The zero-order valence-corrected chi connectivity index (χ0v) is 15.4. The van der Waals surface area contributed by atoms with Gasteiger partial charge in [0.1, 0.15) is 12.2 Å². The molecule has 0 aliphatic carbocycles. The number of benzene rings is 3. The maximum absolute atomic E-state index is 11.7. The lowest BCUT2D eigenvalue weighted by Crippen LogP contribution is -2.11. The van der Waals surface area contributed by atoms with Crippen LogP contribution < -0.4 is 5.73 Å². The number of para-hydroxylation sites is 2. The summed E-state index contributed by atoms with van der Waals surface area (Å²) < 4.78 is 2.06. The minimum absolute atomic E-state index is 0.442. The average Bonchev–Trinajstić information content (AvgIpc) is 3.43. The molecule has 6 heteroatoms. The van der Waals surface area contributed by atoms with Gasteiger partial charge in [0.25, 0.3) is 0 Å². The Balaban J connectivity index is 1.67. The fourth-order valence-corrected chi connectivity index (χ4v) is 3.55. The van der Waals surface area contributed by atoms with Crippen LogP contribution in [0.25, 0.3) is 39.2 Å².